The highest BCUT2D eigenvalue weighted by atomic mass is 35.5. The van der Waals surface area contributed by atoms with E-state index in [0.29, 0.717) is 10.6 Å². The van der Waals surface area contributed by atoms with Gasteiger partial charge >= 0.3 is 6.09 Å². The molecule has 0 bridgehead atoms. The molecule has 1 aromatic carbocycles. The number of primary amides is 1. The van der Waals surface area contributed by atoms with Crippen LogP contribution < -0.4 is 11.5 Å². The molecule has 10 nitrogen and oxygen atoms in total. The first-order chi connectivity index (χ1) is 14.7. The molecule has 1 heterocycles. The molecule has 32 heavy (non-hydrogen) atoms. The van der Waals surface area contributed by atoms with Crippen molar-refractivity contribution in [3.8, 4) is 0 Å². The smallest absolute Gasteiger partial charge is 0.410 e. The molecule has 0 saturated carbocycles. The zero-order valence-corrected chi connectivity index (χ0v) is 19.9. The SMILES string of the molecule is CC(C)(C)OC(=O)N1CC(C(C(N)=O)=C(N)c2cccc(Cl)c2)=NC(COS(C)(=O)=O)C1. The summed E-state index contributed by atoms with van der Waals surface area (Å²) in [6, 6.07) is 5.69. The summed E-state index contributed by atoms with van der Waals surface area (Å²) in [5, 5.41) is 0.398. The lowest BCUT2D eigenvalue weighted by atomic mass is 10.00. The predicted octanol–water partition coefficient (Wildman–Crippen LogP) is 1.53. The van der Waals surface area contributed by atoms with E-state index in [4.69, 9.17) is 32.0 Å². The van der Waals surface area contributed by atoms with Crippen LogP contribution >= 0.6 is 11.6 Å². The Hall–Kier alpha value is -2.63. The number of benzene rings is 1. The number of carbonyl (C=O) groups excluding carboxylic acids is 2. The number of hydrogen-bond donors (Lipinski definition) is 2. The first kappa shape index (κ1) is 25.6. The van der Waals surface area contributed by atoms with Crippen LogP contribution in [-0.2, 0) is 23.8 Å². The van der Waals surface area contributed by atoms with Crippen LogP contribution in [0.3, 0.4) is 0 Å². The minimum absolute atomic E-state index is 0.0110. The molecular weight excluding hydrogens is 460 g/mol. The van der Waals surface area contributed by atoms with E-state index < -0.39 is 33.8 Å². The topological polar surface area (TPSA) is 154 Å². The van der Waals surface area contributed by atoms with Crippen LogP contribution in [0.5, 0.6) is 0 Å². The Bertz CT molecular complexity index is 1060. The number of halogens is 1. The van der Waals surface area contributed by atoms with Gasteiger partial charge in [-0.15, -0.1) is 0 Å². The largest absolute Gasteiger partial charge is 0.444 e. The molecule has 12 heteroatoms. The van der Waals surface area contributed by atoms with Gasteiger partial charge in [-0.1, -0.05) is 23.7 Å². The molecule has 0 fully saturated rings. The van der Waals surface area contributed by atoms with E-state index in [-0.39, 0.29) is 36.7 Å². The highest BCUT2D eigenvalue weighted by molar-refractivity contribution is 7.85. The highest BCUT2D eigenvalue weighted by Gasteiger charge is 2.33. The van der Waals surface area contributed by atoms with Crippen molar-refractivity contribution in [2.24, 2.45) is 16.5 Å². The lowest BCUT2D eigenvalue weighted by Crippen LogP contribution is -2.49. The number of nitrogens with zero attached hydrogens (tertiary/aromatic N) is 2. The van der Waals surface area contributed by atoms with Crippen LogP contribution in [0, 0.1) is 0 Å². The summed E-state index contributed by atoms with van der Waals surface area (Å²) >= 11 is 6.02. The van der Waals surface area contributed by atoms with Gasteiger partial charge in [0, 0.05) is 11.6 Å². The van der Waals surface area contributed by atoms with Crippen molar-refractivity contribution >= 4 is 45.1 Å². The minimum atomic E-state index is -3.76. The Labute approximate surface area is 192 Å². The Morgan fingerprint density at radius 1 is 1.28 bits per heavy atom. The van der Waals surface area contributed by atoms with Crippen LogP contribution in [0.4, 0.5) is 4.79 Å². The molecule has 0 aromatic heterocycles. The fourth-order valence-corrected chi connectivity index (χ4v) is 3.53. The normalized spacial score (nSPS) is 18.0. The van der Waals surface area contributed by atoms with Gasteiger partial charge in [0.05, 0.1) is 42.4 Å². The molecule has 1 unspecified atom stereocenters. The van der Waals surface area contributed by atoms with E-state index in [1.165, 1.54) is 4.90 Å². The monoisotopic (exact) mass is 486 g/mol. The Morgan fingerprint density at radius 3 is 2.47 bits per heavy atom. The van der Waals surface area contributed by atoms with Crippen LogP contribution in [0.15, 0.2) is 34.8 Å². The fourth-order valence-electron chi connectivity index (χ4n) is 2.93. The van der Waals surface area contributed by atoms with Crippen molar-refractivity contribution in [3.63, 3.8) is 0 Å². The van der Waals surface area contributed by atoms with E-state index in [2.05, 4.69) is 4.99 Å². The summed E-state index contributed by atoms with van der Waals surface area (Å²) in [5.74, 6) is -0.866. The van der Waals surface area contributed by atoms with Gasteiger partial charge in [-0.25, -0.2) is 4.79 Å². The Balaban J connectivity index is 2.50. The Morgan fingerprint density at radius 2 is 1.94 bits per heavy atom. The van der Waals surface area contributed by atoms with Gasteiger partial charge in [0.25, 0.3) is 16.0 Å². The van der Waals surface area contributed by atoms with E-state index in [1.807, 2.05) is 0 Å². The molecule has 2 amide bonds. The molecule has 0 radical (unpaired) electrons. The number of nitrogens with two attached hydrogens (primary N) is 2. The van der Waals surface area contributed by atoms with Gasteiger partial charge in [-0.2, -0.15) is 8.42 Å². The van der Waals surface area contributed by atoms with Crippen LogP contribution in [0.1, 0.15) is 26.3 Å². The number of ether oxygens (including phenoxy) is 1. The quantitative estimate of drug-likeness (QED) is 0.456. The lowest BCUT2D eigenvalue weighted by Gasteiger charge is -2.33. The number of hydrogen-bond acceptors (Lipinski definition) is 8. The van der Waals surface area contributed by atoms with Crippen LogP contribution in [0.2, 0.25) is 5.02 Å². The third kappa shape index (κ3) is 7.50. The second kappa shape index (κ2) is 9.88. The second-order valence-electron chi connectivity index (χ2n) is 8.24. The van der Waals surface area contributed by atoms with Gasteiger partial charge in [-0.3, -0.25) is 14.0 Å². The number of rotatable bonds is 6. The van der Waals surface area contributed by atoms with Gasteiger partial charge in [0.2, 0.25) is 0 Å². The van der Waals surface area contributed by atoms with Gasteiger partial charge in [0.15, 0.2) is 0 Å². The van der Waals surface area contributed by atoms with Gasteiger partial charge < -0.3 is 21.1 Å². The number of amides is 2. The van der Waals surface area contributed by atoms with Crippen LogP contribution in [0.25, 0.3) is 5.70 Å². The molecular formula is C20H27ClN4O6S. The molecule has 4 N–H and O–H groups in total. The molecule has 0 aliphatic carbocycles. The molecule has 176 valence electrons. The Kier molecular flexibility index (Phi) is 7.92. The van der Waals surface area contributed by atoms with E-state index in [9.17, 15) is 18.0 Å². The summed E-state index contributed by atoms with van der Waals surface area (Å²) in [5.41, 5.74) is 11.5. The minimum Gasteiger partial charge on any atom is -0.444 e. The first-order valence-electron chi connectivity index (χ1n) is 9.61. The van der Waals surface area contributed by atoms with Crippen molar-refractivity contribution in [2.45, 2.75) is 32.4 Å². The van der Waals surface area contributed by atoms with E-state index in [0.717, 1.165) is 6.26 Å². The van der Waals surface area contributed by atoms with Crippen molar-refractivity contribution in [1.82, 2.24) is 4.90 Å². The third-order valence-corrected chi connectivity index (χ3v) is 4.98. The molecule has 0 saturated heterocycles. The molecule has 1 aromatic rings. The summed E-state index contributed by atoms with van der Waals surface area (Å²) < 4.78 is 33.1. The summed E-state index contributed by atoms with van der Waals surface area (Å²) in [6.07, 6.45) is 0.234. The molecule has 2 rings (SSSR count). The average molecular weight is 487 g/mol. The molecule has 1 aliphatic rings. The number of carbonyl (C=O) groups is 2. The van der Waals surface area contributed by atoms with Gasteiger partial charge in [0.1, 0.15) is 5.60 Å². The zero-order valence-electron chi connectivity index (χ0n) is 18.3. The first-order valence-corrected chi connectivity index (χ1v) is 11.8. The molecule has 0 spiro atoms. The maximum Gasteiger partial charge on any atom is 0.410 e. The fraction of sp³-hybridized carbons (Fsp3) is 0.450. The predicted molar refractivity (Wildman–Crippen MR) is 122 cm³/mol. The molecule has 1 atom stereocenters. The maximum atomic E-state index is 12.7. The third-order valence-electron chi connectivity index (χ3n) is 4.18. The second-order valence-corrected chi connectivity index (χ2v) is 10.3. The van der Waals surface area contributed by atoms with Crippen molar-refractivity contribution in [3.05, 3.63) is 40.4 Å². The zero-order chi connectivity index (χ0) is 24.3. The summed E-state index contributed by atoms with van der Waals surface area (Å²) in [7, 11) is -3.76. The van der Waals surface area contributed by atoms with Crippen molar-refractivity contribution in [2.75, 3.05) is 26.0 Å². The maximum absolute atomic E-state index is 12.7. The lowest BCUT2D eigenvalue weighted by molar-refractivity contribution is -0.114. The van der Waals surface area contributed by atoms with E-state index in [1.54, 1.807) is 45.0 Å². The van der Waals surface area contributed by atoms with Gasteiger partial charge in [-0.05, 0) is 38.5 Å². The van der Waals surface area contributed by atoms with Crippen LogP contribution in [-0.4, -0.2) is 68.6 Å². The summed E-state index contributed by atoms with van der Waals surface area (Å²) in [4.78, 5) is 30.7. The van der Waals surface area contributed by atoms with Crippen molar-refractivity contribution < 1.29 is 26.9 Å². The highest BCUT2D eigenvalue weighted by Crippen LogP contribution is 2.22. The average Bonchev–Trinajstić information content (AvgIpc) is 2.64. The van der Waals surface area contributed by atoms with Crippen molar-refractivity contribution in [1.29, 1.82) is 0 Å². The standard InChI is InChI=1S/C20H27ClN4O6S/c1-20(2,3)31-19(27)25-9-14(11-30-32(4,28)29)24-15(10-25)16(18(23)26)17(22)12-6-5-7-13(21)8-12/h5-8,14H,9-11,22H2,1-4H3,(H2,23,26). The number of aliphatic imine (C=N–C) groups is 1. The molecule has 1 aliphatic heterocycles. The van der Waals surface area contributed by atoms with E-state index >= 15 is 0 Å². The summed E-state index contributed by atoms with van der Waals surface area (Å²) in [6.45, 7) is 4.67.